The molecule has 0 aromatic carbocycles. The number of ether oxygens (including phenoxy) is 1. The molecule has 2 N–H and O–H groups in total. The molecule has 0 saturated carbocycles. The summed E-state index contributed by atoms with van der Waals surface area (Å²) in [6.07, 6.45) is 7.93. The predicted octanol–water partition coefficient (Wildman–Crippen LogP) is 1.25. The molecule has 130 valence electrons. The Kier molecular flexibility index (Phi) is 7.05. The third-order valence-electron chi connectivity index (χ3n) is 3.65. The molecule has 1 rings (SSSR count). The van der Waals surface area contributed by atoms with Crippen LogP contribution in [-0.2, 0) is 14.3 Å². The van der Waals surface area contributed by atoms with Gasteiger partial charge in [-0.25, -0.2) is 4.79 Å². The van der Waals surface area contributed by atoms with Gasteiger partial charge in [-0.15, -0.1) is 6.42 Å². The molecule has 2 amide bonds. The number of rotatable bonds is 8. The molecule has 7 heteroatoms. The van der Waals surface area contributed by atoms with E-state index in [1.54, 1.807) is 6.07 Å². The molecule has 0 aliphatic rings. The topological polar surface area (TPSA) is 97.6 Å². The molecule has 1 aromatic heterocycles. The first-order valence-electron chi connectivity index (χ1n) is 7.67. The van der Waals surface area contributed by atoms with E-state index >= 15 is 0 Å². The van der Waals surface area contributed by atoms with Gasteiger partial charge in [0.1, 0.15) is 11.6 Å². The minimum Gasteiger partial charge on any atom is -0.459 e. The minimum absolute atomic E-state index is 0.0806. The number of amides is 2. The molecular weight excluding hydrogens is 312 g/mol. The first kappa shape index (κ1) is 19.3. The number of hydrogen-bond acceptors (Lipinski definition) is 5. The van der Waals surface area contributed by atoms with E-state index in [9.17, 15) is 14.4 Å². The fourth-order valence-corrected chi connectivity index (χ4v) is 1.97. The summed E-state index contributed by atoms with van der Waals surface area (Å²) < 4.78 is 9.82. The first-order chi connectivity index (χ1) is 11.4. The van der Waals surface area contributed by atoms with Gasteiger partial charge in [-0.05, 0) is 31.9 Å². The highest BCUT2D eigenvalue weighted by molar-refractivity contribution is 5.94. The molecule has 0 unspecified atom stereocenters. The lowest BCUT2D eigenvalue weighted by molar-refractivity contribution is -0.150. The number of carbonyl (C=O) groups is 3. The molecule has 7 nitrogen and oxygen atoms in total. The second kappa shape index (κ2) is 8.77. The van der Waals surface area contributed by atoms with Crippen molar-refractivity contribution in [1.29, 1.82) is 0 Å². The maximum atomic E-state index is 11.9. The summed E-state index contributed by atoms with van der Waals surface area (Å²) in [5.74, 6) is 0.871. The number of esters is 1. The Bertz CT molecular complexity index is 611. The molecule has 1 heterocycles. The minimum atomic E-state index is -0.926. The van der Waals surface area contributed by atoms with Crippen LogP contribution in [0, 0.1) is 12.3 Å². The van der Waals surface area contributed by atoms with Gasteiger partial charge >= 0.3 is 5.97 Å². The molecule has 0 aliphatic heterocycles. The van der Waals surface area contributed by atoms with Crippen LogP contribution in [0.2, 0.25) is 0 Å². The zero-order chi connectivity index (χ0) is 18.2. The summed E-state index contributed by atoms with van der Waals surface area (Å²) in [6, 6.07) is 2.10. The van der Waals surface area contributed by atoms with Crippen LogP contribution >= 0.6 is 0 Å². The molecule has 0 fully saturated rings. The SMILES string of the molecule is C#CC(CC)(CC)NC(=O)COC(=O)[C@H](C)NC(=O)c1ccco1. The normalized spacial score (nSPS) is 11.9. The first-order valence-corrected chi connectivity index (χ1v) is 7.67. The van der Waals surface area contributed by atoms with Gasteiger partial charge in [-0.1, -0.05) is 19.8 Å². The Morgan fingerprint density at radius 1 is 1.38 bits per heavy atom. The van der Waals surface area contributed by atoms with Crippen molar-refractivity contribution in [2.75, 3.05) is 6.61 Å². The van der Waals surface area contributed by atoms with Crippen molar-refractivity contribution in [1.82, 2.24) is 10.6 Å². The van der Waals surface area contributed by atoms with E-state index in [0.29, 0.717) is 12.8 Å². The zero-order valence-corrected chi connectivity index (χ0v) is 14.0. The molecule has 0 aliphatic carbocycles. The summed E-state index contributed by atoms with van der Waals surface area (Å²) in [5, 5.41) is 5.10. The highest BCUT2D eigenvalue weighted by Gasteiger charge is 2.26. The fourth-order valence-electron chi connectivity index (χ4n) is 1.97. The van der Waals surface area contributed by atoms with E-state index in [1.807, 2.05) is 13.8 Å². The van der Waals surface area contributed by atoms with Gasteiger partial charge in [0, 0.05) is 0 Å². The van der Waals surface area contributed by atoms with Crippen LogP contribution in [0.1, 0.15) is 44.2 Å². The van der Waals surface area contributed by atoms with Crippen LogP contribution < -0.4 is 10.6 Å². The monoisotopic (exact) mass is 334 g/mol. The van der Waals surface area contributed by atoms with E-state index in [1.165, 1.54) is 19.3 Å². The van der Waals surface area contributed by atoms with Crippen molar-refractivity contribution < 1.29 is 23.5 Å². The molecule has 0 saturated heterocycles. The van der Waals surface area contributed by atoms with Crippen LogP contribution in [0.3, 0.4) is 0 Å². The average molecular weight is 334 g/mol. The van der Waals surface area contributed by atoms with Crippen molar-refractivity contribution in [3.8, 4) is 12.3 Å². The van der Waals surface area contributed by atoms with Crippen LogP contribution in [0.15, 0.2) is 22.8 Å². The molecule has 0 spiro atoms. The van der Waals surface area contributed by atoms with E-state index in [0.717, 1.165) is 0 Å². The summed E-state index contributed by atoms with van der Waals surface area (Å²) >= 11 is 0. The third-order valence-corrected chi connectivity index (χ3v) is 3.65. The predicted molar refractivity (Wildman–Crippen MR) is 86.9 cm³/mol. The van der Waals surface area contributed by atoms with Crippen molar-refractivity contribution in [3.63, 3.8) is 0 Å². The van der Waals surface area contributed by atoms with Gasteiger partial charge in [0.2, 0.25) is 0 Å². The van der Waals surface area contributed by atoms with Crippen LogP contribution in [0.25, 0.3) is 0 Å². The lowest BCUT2D eigenvalue weighted by Gasteiger charge is -2.27. The summed E-state index contributed by atoms with van der Waals surface area (Å²) in [5.41, 5.74) is -0.747. The fraction of sp³-hybridized carbons (Fsp3) is 0.471. The van der Waals surface area contributed by atoms with E-state index in [4.69, 9.17) is 15.6 Å². The number of hydrogen-bond donors (Lipinski definition) is 2. The van der Waals surface area contributed by atoms with Gasteiger partial charge in [0.25, 0.3) is 11.8 Å². The van der Waals surface area contributed by atoms with Gasteiger partial charge in [-0.3, -0.25) is 9.59 Å². The van der Waals surface area contributed by atoms with Gasteiger partial charge in [0.15, 0.2) is 12.4 Å². The van der Waals surface area contributed by atoms with Gasteiger partial charge in [0.05, 0.1) is 6.26 Å². The van der Waals surface area contributed by atoms with Gasteiger partial charge in [-0.2, -0.15) is 0 Å². The highest BCUT2D eigenvalue weighted by atomic mass is 16.5. The lowest BCUT2D eigenvalue weighted by Crippen LogP contribution is -2.48. The average Bonchev–Trinajstić information content (AvgIpc) is 3.12. The standard InChI is InChI=1S/C17H22N2O5/c1-5-17(6-2,7-3)19-14(20)11-24-16(22)12(4)18-15(21)13-9-8-10-23-13/h1,8-10,12H,6-7,11H2,2-4H3,(H,18,21)(H,19,20)/t12-/m0/s1. The Morgan fingerprint density at radius 2 is 2.04 bits per heavy atom. The van der Waals surface area contributed by atoms with Crippen LogP contribution in [0.5, 0.6) is 0 Å². The van der Waals surface area contributed by atoms with E-state index < -0.39 is 36.0 Å². The Hall–Kier alpha value is -2.75. The Balaban J connectivity index is 2.46. The number of carbonyl (C=O) groups excluding carboxylic acids is 3. The van der Waals surface area contributed by atoms with E-state index in [-0.39, 0.29) is 5.76 Å². The summed E-state index contributed by atoms with van der Waals surface area (Å²) in [7, 11) is 0. The summed E-state index contributed by atoms with van der Waals surface area (Å²) in [6.45, 7) is 4.71. The third kappa shape index (κ3) is 5.16. The largest absolute Gasteiger partial charge is 0.459 e. The van der Waals surface area contributed by atoms with E-state index in [2.05, 4.69) is 16.6 Å². The summed E-state index contributed by atoms with van der Waals surface area (Å²) in [4.78, 5) is 35.5. The quantitative estimate of drug-likeness (QED) is 0.551. The second-order valence-corrected chi connectivity index (χ2v) is 5.26. The van der Waals surface area contributed by atoms with Crippen LogP contribution in [0.4, 0.5) is 0 Å². The molecule has 0 radical (unpaired) electrons. The second-order valence-electron chi connectivity index (χ2n) is 5.26. The van der Waals surface area contributed by atoms with Crippen LogP contribution in [-0.4, -0.2) is 36.0 Å². The molecule has 24 heavy (non-hydrogen) atoms. The highest BCUT2D eigenvalue weighted by Crippen LogP contribution is 2.13. The van der Waals surface area contributed by atoms with Crippen molar-refractivity contribution >= 4 is 17.8 Å². The number of terminal acetylenes is 1. The van der Waals surface area contributed by atoms with Crippen molar-refractivity contribution in [2.45, 2.75) is 45.2 Å². The lowest BCUT2D eigenvalue weighted by atomic mass is 9.94. The smallest absolute Gasteiger partial charge is 0.328 e. The zero-order valence-electron chi connectivity index (χ0n) is 14.0. The van der Waals surface area contributed by atoms with Crippen molar-refractivity contribution in [2.24, 2.45) is 0 Å². The Morgan fingerprint density at radius 3 is 2.54 bits per heavy atom. The molecule has 1 atom stereocenters. The number of furan rings is 1. The van der Waals surface area contributed by atoms with Gasteiger partial charge < -0.3 is 19.8 Å². The molecule has 0 bridgehead atoms. The molecule has 1 aromatic rings. The number of nitrogens with one attached hydrogen (secondary N) is 2. The Labute approximate surface area is 141 Å². The maximum absolute atomic E-state index is 11.9. The maximum Gasteiger partial charge on any atom is 0.328 e. The van der Waals surface area contributed by atoms with Crippen molar-refractivity contribution in [3.05, 3.63) is 24.2 Å². The molecular formula is C17H22N2O5.